The zero-order valence-corrected chi connectivity index (χ0v) is 10.7. The summed E-state index contributed by atoms with van der Waals surface area (Å²) in [6.07, 6.45) is -1.26. The maximum absolute atomic E-state index is 11.8. The fraction of sp³-hybridized carbons (Fsp3) is 0.909. The third-order valence-corrected chi connectivity index (χ3v) is 3.47. The number of alkyl halides is 4. The summed E-state index contributed by atoms with van der Waals surface area (Å²) >= 11 is 5.79. The van der Waals surface area contributed by atoms with Crippen LogP contribution < -0.4 is 5.32 Å². The minimum Gasteiger partial charge on any atom is -0.362 e. The molecule has 1 aliphatic carbocycles. The van der Waals surface area contributed by atoms with Gasteiger partial charge in [0.1, 0.15) is 13.2 Å². The Morgan fingerprint density at radius 1 is 1.33 bits per heavy atom. The quantitative estimate of drug-likeness (QED) is 0.762. The third kappa shape index (κ3) is 5.91. The first-order chi connectivity index (χ1) is 8.42. The monoisotopic (exact) mass is 287 g/mol. The molecule has 0 saturated heterocycles. The lowest BCUT2D eigenvalue weighted by molar-refractivity contribution is -0.175. The van der Waals surface area contributed by atoms with E-state index in [4.69, 9.17) is 11.6 Å². The van der Waals surface area contributed by atoms with Gasteiger partial charge in [0, 0.05) is 12.4 Å². The van der Waals surface area contributed by atoms with E-state index in [-0.39, 0.29) is 0 Å². The number of ether oxygens (including phenoxy) is 1. The number of rotatable bonds is 6. The van der Waals surface area contributed by atoms with Crippen molar-refractivity contribution < 1.29 is 22.7 Å². The van der Waals surface area contributed by atoms with Crippen molar-refractivity contribution in [1.82, 2.24) is 5.32 Å². The van der Waals surface area contributed by atoms with Crippen LogP contribution in [0.3, 0.4) is 0 Å². The van der Waals surface area contributed by atoms with Crippen molar-refractivity contribution in [1.29, 1.82) is 0 Å². The van der Waals surface area contributed by atoms with Gasteiger partial charge >= 0.3 is 6.18 Å². The molecule has 1 rings (SSSR count). The minimum absolute atomic E-state index is 0.328. The summed E-state index contributed by atoms with van der Waals surface area (Å²) in [5, 5.41) is 2.59. The number of halogens is 4. The van der Waals surface area contributed by atoms with Crippen LogP contribution in [0.2, 0.25) is 0 Å². The highest BCUT2D eigenvalue weighted by Crippen LogP contribution is 2.31. The maximum atomic E-state index is 11.8. The van der Waals surface area contributed by atoms with Crippen molar-refractivity contribution in [2.24, 2.45) is 11.8 Å². The Balaban J connectivity index is 2.13. The van der Waals surface area contributed by atoms with Gasteiger partial charge in [0.15, 0.2) is 0 Å². The average molecular weight is 288 g/mol. The fourth-order valence-electron chi connectivity index (χ4n) is 2.14. The van der Waals surface area contributed by atoms with Crippen LogP contribution in [0.4, 0.5) is 13.2 Å². The summed E-state index contributed by atoms with van der Waals surface area (Å²) in [4.78, 5) is 11.2. The van der Waals surface area contributed by atoms with Gasteiger partial charge in [-0.25, -0.2) is 0 Å². The molecule has 1 amide bonds. The molecule has 0 aromatic rings. The summed E-state index contributed by atoms with van der Waals surface area (Å²) < 4.78 is 39.6. The highest BCUT2D eigenvalue weighted by molar-refractivity contribution is 6.18. The van der Waals surface area contributed by atoms with E-state index in [0.717, 1.165) is 19.3 Å². The lowest BCUT2D eigenvalue weighted by atomic mass is 9.98. The largest absolute Gasteiger partial charge is 0.411 e. The molecule has 1 N–H and O–H groups in total. The van der Waals surface area contributed by atoms with Crippen LogP contribution >= 0.6 is 11.6 Å². The first-order valence-corrected chi connectivity index (χ1v) is 6.43. The molecule has 1 fully saturated rings. The van der Waals surface area contributed by atoms with Crippen LogP contribution in [-0.2, 0) is 9.53 Å². The average Bonchev–Trinajstić information content (AvgIpc) is 2.71. The normalized spacial score (nSPS) is 24.2. The highest BCUT2D eigenvalue weighted by Gasteiger charge is 2.28. The number of hydrogen-bond donors (Lipinski definition) is 1. The molecule has 0 aromatic carbocycles. The van der Waals surface area contributed by atoms with Crippen LogP contribution in [0, 0.1) is 11.8 Å². The Kier molecular flexibility index (Phi) is 6.21. The molecule has 106 valence electrons. The van der Waals surface area contributed by atoms with Crippen molar-refractivity contribution in [2.45, 2.75) is 25.4 Å². The summed E-state index contributed by atoms with van der Waals surface area (Å²) in [6, 6.07) is 0. The number of nitrogens with one attached hydrogen (secondary N) is 1. The second-order valence-corrected chi connectivity index (χ2v) is 4.83. The number of hydrogen-bond acceptors (Lipinski definition) is 2. The smallest absolute Gasteiger partial charge is 0.362 e. The van der Waals surface area contributed by atoms with Gasteiger partial charge < -0.3 is 10.1 Å². The van der Waals surface area contributed by atoms with Crippen LogP contribution in [0.25, 0.3) is 0 Å². The topological polar surface area (TPSA) is 38.3 Å². The van der Waals surface area contributed by atoms with Crippen LogP contribution in [0.5, 0.6) is 0 Å². The molecule has 1 saturated carbocycles. The van der Waals surface area contributed by atoms with E-state index in [9.17, 15) is 18.0 Å². The SMILES string of the molecule is O=C(COCC(F)(F)F)NCC1CCCC1CCl. The van der Waals surface area contributed by atoms with E-state index >= 15 is 0 Å². The van der Waals surface area contributed by atoms with E-state index in [2.05, 4.69) is 10.1 Å². The molecule has 0 spiro atoms. The molecule has 0 radical (unpaired) electrons. The first-order valence-electron chi connectivity index (χ1n) is 5.89. The summed E-state index contributed by atoms with van der Waals surface area (Å²) in [5.74, 6) is 0.766. The Morgan fingerprint density at radius 2 is 2.00 bits per heavy atom. The molecule has 0 heterocycles. The van der Waals surface area contributed by atoms with E-state index in [0.29, 0.717) is 24.3 Å². The molecule has 18 heavy (non-hydrogen) atoms. The summed E-state index contributed by atoms with van der Waals surface area (Å²) in [7, 11) is 0. The Morgan fingerprint density at radius 3 is 2.61 bits per heavy atom. The lowest BCUT2D eigenvalue weighted by Crippen LogP contribution is -2.34. The van der Waals surface area contributed by atoms with Crippen LogP contribution in [0.15, 0.2) is 0 Å². The molecule has 0 aromatic heterocycles. The fourth-order valence-corrected chi connectivity index (χ4v) is 2.55. The highest BCUT2D eigenvalue weighted by atomic mass is 35.5. The van der Waals surface area contributed by atoms with Crippen LogP contribution in [0.1, 0.15) is 19.3 Å². The van der Waals surface area contributed by atoms with Gasteiger partial charge in [-0.1, -0.05) is 6.42 Å². The minimum atomic E-state index is -4.39. The molecule has 1 aliphatic rings. The van der Waals surface area contributed by atoms with Gasteiger partial charge in [-0.15, -0.1) is 11.6 Å². The zero-order valence-electron chi connectivity index (χ0n) is 9.93. The predicted molar refractivity (Wildman–Crippen MR) is 61.4 cm³/mol. The van der Waals surface area contributed by atoms with E-state index in [1.807, 2.05) is 0 Å². The van der Waals surface area contributed by atoms with Crippen molar-refractivity contribution in [3.63, 3.8) is 0 Å². The van der Waals surface area contributed by atoms with Gasteiger partial charge in [-0.05, 0) is 24.7 Å². The van der Waals surface area contributed by atoms with Crippen molar-refractivity contribution >= 4 is 17.5 Å². The van der Waals surface area contributed by atoms with Crippen molar-refractivity contribution in [3.05, 3.63) is 0 Å². The molecular formula is C11H17ClF3NO2. The Hall–Kier alpha value is -0.490. The summed E-state index contributed by atoms with van der Waals surface area (Å²) in [6.45, 7) is -1.49. The number of amides is 1. The molecular weight excluding hydrogens is 271 g/mol. The standard InChI is InChI=1S/C11H17ClF3NO2/c12-4-8-2-1-3-9(8)5-16-10(17)6-18-7-11(13,14)15/h8-9H,1-7H2,(H,16,17). The molecule has 2 atom stereocenters. The Labute approximate surface area is 109 Å². The van der Waals surface area contributed by atoms with Gasteiger partial charge in [0.05, 0.1) is 0 Å². The maximum Gasteiger partial charge on any atom is 0.411 e. The van der Waals surface area contributed by atoms with E-state index in [1.165, 1.54) is 0 Å². The predicted octanol–water partition coefficient (Wildman–Crippen LogP) is 2.34. The second-order valence-electron chi connectivity index (χ2n) is 4.52. The molecule has 0 bridgehead atoms. The summed E-state index contributed by atoms with van der Waals surface area (Å²) in [5.41, 5.74) is 0. The van der Waals surface area contributed by atoms with E-state index < -0.39 is 25.3 Å². The molecule has 3 nitrogen and oxygen atoms in total. The zero-order chi connectivity index (χ0) is 13.6. The van der Waals surface area contributed by atoms with Gasteiger partial charge in [0.2, 0.25) is 5.91 Å². The molecule has 2 unspecified atom stereocenters. The number of carbonyl (C=O) groups is 1. The lowest BCUT2D eigenvalue weighted by Gasteiger charge is -2.17. The van der Waals surface area contributed by atoms with Crippen molar-refractivity contribution in [2.75, 3.05) is 25.6 Å². The van der Waals surface area contributed by atoms with Gasteiger partial charge in [-0.3, -0.25) is 4.79 Å². The van der Waals surface area contributed by atoms with E-state index in [1.54, 1.807) is 0 Å². The molecule has 7 heteroatoms. The third-order valence-electron chi connectivity index (χ3n) is 3.07. The number of carbonyl (C=O) groups excluding carboxylic acids is 1. The van der Waals surface area contributed by atoms with Crippen LogP contribution in [-0.4, -0.2) is 37.7 Å². The van der Waals surface area contributed by atoms with Gasteiger partial charge in [-0.2, -0.15) is 13.2 Å². The van der Waals surface area contributed by atoms with Gasteiger partial charge in [0.25, 0.3) is 0 Å². The van der Waals surface area contributed by atoms with Crippen molar-refractivity contribution in [3.8, 4) is 0 Å². The molecule has 0 aliphatic heterocycles. The Bertz CT molecular complexity index is 274. The first kappa shape index (κ1) is 15.6. The second kappa shape index (κ2) is 7.19.